The number of amides is 2. The first-order valence-corrected chi connectivity index (χ1v) is 5.42. The van der Waals surface area contributed by atoms with Crippen molar-refractivity contribution in [2.24, 2.45) is 5.73 Å². The van der Waals surface area contributed by atoms with Crippen LogP contribution in [0.25, 0.3) is 0 Å². The van der Waals surface area contributed by atoms with Crippen molar-refractivity contribution in [3.8, 4) is 0 Å². The molecular weight excluding hydrogens is 255 g/mol. The fourth-order valence-corrected chi connectivity index (χ4v) is 1.15. The Hall–Kier alpha value is -2.44. The molecule has 0 aliphatic rings. The number of hydrogen-bond acceptors (Lipinski definition) is 4. The first-order chi connectivity index (χ1) is 8.90. The fraction of sp³-hybridized carbons (Fsp3) is 0.250. The predicted molar refractivity (Wildman–Crippen MR) is 63.5 cm³/mol. The molecule has 19 heavy (non-hydrogen) atoms. The second-order valence-corrected chi connectivity index (χ2v) is 3.72. The van der Waals surface area contributed by atoms with Gasteiger partial charge < -0.3 is 15.8 Å². The number of esters is 1. The molecule has 0 heterocycles. The standard InChI is InChI=1S/C12H13FN2O4/c1-7(11(14)17)19-10(16)6-15-12(18)8-2-4-9(13)5-3-8/h2-5,7H,6H2,1H3,(H2,14,17)(H,15,18)/t7-/m1/s1. The maximum absolute atomic E-state index is 12.6. The van der Waals surface area contributed by atoms with Gasteiger partial charge in [0, 0.05) is 5.56 Å². The highest BCUT2D eigenvalue weighted by molar-refractivity contribution is 5.96. The summed E-state index contributed by atoms with van der Waals surface area (Å²) < 4.78 is 17.3. The van der Waals surface area contributed by atoms with Gasteiger partial charge in [-0.05, 0) is 31.2 Å². The van der Waals surface area contributed by atoms with E-state index in [0.717, 1.165) is 12.1 Å². The van der Waals surface area contributed by atoms with Gasteiger partial charge in [-0.1, -0.05) is 0 Å². The van der Waals surface area contributed by atoms with Crippen molar-refractivity contribution in [1.82, 2.24) is 5.32 Å². The molecule has 102 valence electrons. The molecule has 1 atom stereocenters. The lowest BCUT2D eigenvalue weighted by molar-refractivity contribution is -0.152. The molecule has 1 rings (SSSR count). The molecule has 0 radical (unpaired) electrons. The van der Waals surface area contributed by atoms with Crippen LogP contribution >= 0.6 is 0 Å². The van der Waals surface area contributed by atoms with Crippen LogP contribution in [-0.4, -0.2) is 30.4 Å². The molecule has 1 aromatic rings. The Kier molecular flexibility index (Phi) is 4.99. The van der Waals surface area contributed by atoms with Gasteiger partial charge in [0.15, 0.2) is 6.10 Å². The van der Waals surface area contributed by atoms with Gasteiger partial charge in [-0.3, -0.25) is 14.4 Å². The Morgan fingerprint density at radius 2 is 1.89 bits per heavy atom. The van der Waals surface area contributed by atoms with Crippen LogP contribution in [0.4, 0.5) is 4.39 Å². The molecule has 0 fully saturated rings. The predicted octanol–water partition coefficient (Wildman–Crippen LogP) is -0.0275. The summed E-state index contributed by atoms with van der Waals surface area (Å²) in [6.45, 7) is 0.913. The molecule has 3 N–H and O–H groups in total. The number of ether oxygens (including phenoxy) is 1. The molecule has 7 heteroatoms. The number of carbonyl (C=O) groups excluding carboxylic acids is 3. The minimum Gasteiger partial charge on any atom is -0.451 e. The van der Waals surface area contributed by atoms with E-state index in [9.17, 15) is 18.8 Å². The summed E-state index contributed by atoms with van der Waals surface area (Å²) in [7, 11) is 0. The van der Waals surface area contributed by atoms with Crippen molar-refractivity contribution >= 4 is 17.8 Å². The summed E-state index contributed by atoms with van der Waals surface area (Å²) in [6.07, 6.45) is -1.06. The van der Waals surface area contributed by atoms with Crippen molar-refractivity contribution in [3.63, 3.8) is 0 Å². The molecule has 0 bridgehead atoms. The first-order valence-electron chi connectivity index (χ1n) is 5.42. The Morgan fingerprint density at radius 1 is 1.32 bits per heavy atom. The Morgan fingerprint density at radius 3 is 2.42 bits per heavy atom. The summed E-state index contributed by atoms with van der Waals surface area (Å²) in [5.74, 6) is -2.59. The van der Waals surface area contributed by atoms with Gasteiger partial charge >= 0.3 is 5.97 Å². The second kappa shape index (κ2) is 6.48. The van der Waals surface area contributed by atoms with Crippen molar-refractivity contribution in [3.05, 3.63) is 35.6 Å². The third kappa shape index (κ3) is 4.74. The number of halogens is 1. The van der Waals surface area contributed by atoms with Crippen molar-refractivity contribution in [2.45, 2.75) is 13.0 Å². The minimum absolute atomic E-state index is 0.206. The van der Waals surface area contributed by atoms with Gasteiger partial charge in [0.1, 0.15) is 12.4 Å². The van der Waals surface area contributed by atoms with Crippen LogP contribution in [0.5, 0.6) is 0 Å². The summed E-state index contributed by atoms with van der Waals surface area (Å²) in [4.78, 5) is 33.4. The molecule has 6 nitrogen and oxygen atoms in total. The minimum atomic E-state index is -1.06. The lowest BCUT2D eigenvalue weighted by atomic mass is 10.2. The van der Waals surface area contributed by atoms with E-state index in [2.05, 4.69) is 10.1 Å². The highest BCUT2D eigenvalue weighted by atomic mass is 19.1. The lowest BCUT2D eigenvalue weighted by Crippen LogP contribution is -2.36. The summed E-state index contributed by atoms with van der Waals surface area (Å²) in [5, 5.41) is 2.27. The SMILES string of the molecule is C[C@@H](OC(=O)CNC(=O)c1ccc(F)cc1)C(N)=O. The number of nitrogens with one attached hydrogen (secondary N) is 1. The van der Waals surface area contributed by atoms with Crippen LogP contribution in [-0.2, 0) is 14.3 Å². The number of hydrogen-bond donors (Lipinski definition) is 2. The van der Waals surface area contributed by atoms with E-state index in [4.69, 9.17) is 5.73 Å². The normalized spacial score (nSPS) is 11.5. The van der Waals surface area contributed by atoms with Gasteiger partial charge in [-0.15, -0.1) is 0 Å². The summed E-state index contributed by atoms with van der Waals surface area (Å²) in [6, 6.07) is 4.81. The zero-order valence-corrected chi connectivity index (χ0v) is 10.2. The van der Waals surface area contributed by atoms with Gasteiger partial charge in [-0.2, -0.15) is 0 Å². The van der Waals surface area contributed by atoms with Crippen molar-refractivity contribution in [1.29, 1.82) is 0 Å². The number of benzene rings is 1. The molecule has 0 aromatic heterocycles. The quantitative estimate of drug-likeness (QED) is 0.733. The Labute approximate surface area is 108 Å². The van der Waals surface area contributed by atoms with Gasteiger partial charge in [0.05, 0.1) is 0 Å². The van der Waals surface area contributed by atoms with Crippen molar-refractivity contribution < 1.29 is 23.5 Å². The third-order valence-electron chi connectivity index (χ3n) is 2.21. The fourth-order valence-electron chi connectivity index (χ4n) is 1.15. The molecule has 0 unspecified atom stereocenters. The maximum atomic E-state index is 12.6. The van der Waals surface area contributed by atoms with E-state index in [1.54, 1.807) is 0 Å². The molecule has 0 aliphatic heterocycles. The van der Waals surface area contributed by atoms with E-state index in [1.807, 2.05) is 0 Å². The number of primary amides is 1. The summed E-state index contributed by atoms with van der Waals surface area (Å²) >= 11 is 0. The topological polar surface area (TPSA) is 98.5 Å². The Bertz CT molecular complexity index is 487. The molecule has 0 saturated carbocycles. The largest absolute Gasteiger partial charge is 0.451 e. The molecular formula is C12H13FN2O4. The van der Waals surface area contributed by atoms with Crippen LogP contribution in [0, 0.1) is 5.82 Å². The first kappa shape index (κ1) is 14.6. The maximum Gasteiger partial charge on any atom is 0.326 e. The number of rotatable bonds is 5. The molecule has 0 aliphatic carbocycles. The molecule has 1 aromatic carbocycles. The van der Waals surface area contributed by atoms with Crippen LogP contribution < -0.4 is 11.1 Å². The average molecular weight is 268 g/mol. The molecule has 0 saturated heterocycles. The van der Waals surface area contributed by atoms with E-state index in [-0.39, 0.29) is 5.56 Å². The summed E-state index contributed by atoms with van der Waals surface area (Å²) in [5.41, 5.74) is 5.11. The molecule has 0 spiro atoms. The highest BCUT2D eigenvalue weighted by Crippen LogP contribution is 2.02. The highest BCUT2D eigenvalue weighted by Gasteiger charge is 2.15. The van der Waals surface area contributed by atoms with E-state index in [0.29, 0.717) is 0 Å². The lowest BCUT2D eigenvalue weighted by Gasteiger charge is -2.10. The van der Waals surface area contributed by atoms with Crippen LogP contribution in [0.2, 0.25) is 0 Å². The smallest absolute Gasteiger partial charge is 0.326 e. The van der Waals surface area contributed by atoms with Crippen LogP contribution in [0.1, 0.15) is 17.3 Å². The van der Waals surface area contributed by atoms with E-state index < -0.39 is 36.2 Å². The van der Waals surface area contributed by atoms with Gasteiger partial charge in [-0.25, -0.2) is 4.39 Å². The van der Waals surface area contributed by atoms with Crippen LogP contribution in [0.15, 0.2) is 24.3 Å². The zero-order chi connectivity index (χ0) is 14.4. The van der Waals surface area contributed by atoms with E-state index in [1.165, 1.54) is 19.1 Å². The van der Waals surface area contributed by atoms with Crippen molar-refractivity contribution in [2.75, 3.05) is 6.54 Å². The number of carbonyl (C=O) groups is 3. The van der Waals surface area contributed by atoms with E-state index >= 15 is 0 Å². The monoisotopic (exact) mass is 268 g/mol. The van der Waals surface area contributed by atoms with Gasteiger partial charge in [0.2, 0.25) is 0 Å². The average Bonchev–Trinajstić information content (AvgIpc) is 2.36. The third-order valence-corrected chi connectivity index (χ3v) is 2.21. The van der Waals surface area contributed by atoms with Gasteiger partial charge in [0.25, 0.3) is 11.8 Å². The Balaban J connectivity index is 2.44. The second-order valence-electron chi connectivity index (χ2n) is 3.72. The zero-order valence-electron chi connectivity index (χ0n) is 10.2. The van der Waals surface area contributed by atoms with Crippen LogP contribution in [0.3, 0.4) is 0 Å². The number of nitrogens with two attached hydrogens (primary N) is 1. The molecule has 2 amide bonds.